The van der Waals surface area contributed by atoms with Crippen LogP contribution < -0.4 is 44.6 Å². The summed E-state index contributed by atoms with van der Waals surface area (Å²) in [7, 11) is 0. The molecule has 0 saturated carbocycles. The molecule has 0 bridgehead atoms. The summed E-state index contributed by atoms with van der Waals surface area (Å²) in [6.07, 6.45) is 1.18. The van der Waals surface area contributed by atoms with Crippen molar-refractivity contribution < 1.29 is 29.4 Å². The van der Waals surface area contributed by atoms with Gasteiger partial charge in [0, 0.05) is 13.1 Å². The molecule has 0 radical (unpaired) electrons. The zero-order chi connectivity index (χ0) is 28.5. The van der Waals surface area contributed by atoms with Crippen LogP contribution in [0.4, 0.5) is 0 Å². The van der Waals surface area contributed by atoms with E-state index in [1.165, 1.54) is 0 Å². The first kappa shape index (κ1) is 33.3. The Balaban J connectivity index is 5.33. The maximum Gasteiger partial charge on any atom is 0.326 e. The number of carboxylic acid groups (broad SMARTS) is 1. The molecular weight excluding hydrogens is 488 g/mol. The van der Waals surface area contributed by atoms with Gasteiger partial charge in [-0.25, -0.2) is 4.79 Å². The Labute approximate surface area is 215 Å². The van der Waals surface area contributed by atoms with Crippen LogP contribution in [0.25, 0.3) is 0 Å². The quantitative estimate of drug-likeness (QED) is 0.0462. The predicted molar refractivity (Wildman–Crippen MR) is 138 cm³/mol. The van der Waals surface area contributed by atoms with Crippen molar-refractivity contribution in [3.05, 3.63) is 0 Å². The standard InChI is InChI=1S/C21H42N10O6/c1-11(2)9-14(19(36)37)30-18(35)15(10-32)31-17(34)13(6-4-8-28-21(25)26)29-16(33)12(22)5-3-7-27-20(23)24/h11-15,32H,3-10,22H2,1-2H3,(H,29,33)(H,30,35)(H,31,34)(H,36,37)(H4,23,24,27)(H4,25,26,28). The van der Waals surface area contributed by atoms with Gasteiger partial charge in [0.2, 0.25) is 17.7 Å². The van der Waals surface area contributed by atoms with Gasteiger partial charge in [-0.15, -0.1) is 0 Å². The van der Waals surface area contributed by atoms with E-state index in [-0.39, 0.29) is 50.2 Å². The average Bonchev–Trinajstić information content (AvgIpc) is 2.80. The van der Waals surface area contributed by atoms with Crippen molar-refractivity contribution in [1.82, 2.24) is 16.0 Å². The maximum atomic E-state index is 12.9. The second-order valence-electron chi connectivity index (χ2n) is 8.84. The highest BCUT2D eigenvalue weighted by atomic mass is 16.4. The fourth-order valence-corrected chi connectivity index (χ4v) is 3.13. The number of nitrogens with two attached hydrogens (primary N) is 5. The summed E-state index contributed by atoms with van der Waals surface area (Å²) in [6, 6.07) is -4.76. The molecule has 4 unspecified atom stereocenters. The lowest BCUT2D eigenvalue weighted by Gasteiger charge is -2.24. The summed E-state index contributed by atoms with van der Waals surface area (Å²) < 4.78 is 0. The number of nitrogens with zero attached hydrogens (tertiary/aromatic N) is 2. The Morgan fingerprint density at radius 1 is 0.757 bits per heavy atom. The minimum atomic E-state index is -1.45. The number of carbonyl (C=O) groups excluding carboxylic acids is 3. The van der Waals surface area contributed by atoms with Crippen molar-refractivity contribution >= 4 is 35.6 Å². The van der Waals surface area contributed by atoms with Gasteiger partial charge in [0.05, 0.1) is 12.6 Å². The highest BCUT2D eigenvalue weighted by Crippen LogP contribution is 2.06. The van der Waals surface area contributed by atoms with Gasteiger partial charge in [0.15, 0.2) is 11.9 Å². The number of hydrogen-bond donors (Lipinski definition) is 10. The second kappa shape index (κ2) is 17.7. The average molecular weight is 531 g/mol. The summed E-state index contributed by atoms with van der Waals surface area (Å²) in [5.74, 6) is -3.79. The number of aliphatic imine (C=N–C) groups is 2. The Morgan fingerprint density at radius 2 is 1.22 bits per heavy atom. The Bertz CT molecular complexity index is 812. The zero-order valence-corrected chi connectivity index (χ0v) is 21.4. The van der Waals surface area contributed by atoms with Crippen molar-refractivity contribution in [2.45, 2.75) is 70.1 Å². The van der Waals surface area contributed by atoms with E-state index in [9.17, 15) is 29.4 Å². The lowest BCUT2D eigenvalue weighted by atomic mass is 10.0. The largest absolute Gasteiger partial charge is 0.480 e. The SMILES string of the molecule is CC(C)CC(NC(=O)C(CO)NC(=O)C(CCCN=C(N)N)NC(=O)C(N)CCCN=C(N)N)C(=O)O. The van der Waals surface area contributed by atoms with Crippen molar-refractivity contribution in [2.75, 3.05) is 19.7 Å². The predicted octanol–water partition coefficient (Wildman–Crippen LogP) is -4.00. The molecule has 0 aromatic rings. The van der Waals surface area contributed by atoms with E-state index >= 15 is 0 Å². The van der Waals surface area contributed by atoms with E-state index < -0.39 is 54.5 Å². The van der Waals surface area contributed by atoms with Gasteiger partial charge >= 0.3 is 5.97 Å². The van der Waals surface area contributed by atoms with Crippen LogP contribution in [-0.4, -0.2) is 89.7 Å². The highest BCUT2D eigenvalue weighted by Gasteiger charge is 2.30. The molecule has 16 nitrogen and oxygen atoms in total. The molecule has 15 N–H and O–H groups in total. The molecule has 0 aliphatic carbocycles. The molecule has 16 heteroatoms. The maximum absolute atomic E-state index is 12.9. The summed E-state index contributed by atoms with van der Waals surface area (Å²) in [6.45, 7) is 3.22. The lowest BCUT2D eigenvalue weighted by molar-refractivity contribution is -0.143. The molecule has 0 heterocycles. The van der Waals surface area contributed by atoms with Crippen molar-refractivity contribution in [2.24, 2.45) is 44.6 Å². The molecule has 0 rings (SSSR count). The van der Waals surface area contributed by atoms with Crippen molar-refractivity contribution in [3.63, 3.8) is 0 Å². The zero-order valence-electron chi connectivity index (χ0n) is 21.4. The smallest absolute Gasteiger partial charge is 0.326 e. The molecule has 3 amide bonds. The number of amides is 3. The molecule has 0 spiro atoms. The van der Waals surface area contributed by atoms with Crippen LogP contribution in [0.15, 0.2) is 9.98 Å². The number of hydrogen-bond acceptors (Lipinski definition) is 8. The normalized spacial score (nSPS) is 14.0. The Hall–Kier alpha value is -3.66. The third-order valence-corrected chi connectivity index (χ3v) is 5.02. The molecule has 0 fully saturated rings. The summed E-state index contributed by atoms with van der Waals surface area (Å²) in [4.78, 5) is 57.1. The molecule has 212 valence electrons. The number of guanidine groups is 2. The molecule has 0 aliphatic heterocycles. The van der Waals surface area contributed by atoms with Crippen LogP contribution in [-0.2, 0) is 19.2 Å². The third-order valence-electron chi connectivity index (χ3n) is 5.02. The van der Waals surface area contributed by atoms with Crippen molar-refractivity contribution in [3.8, 4) is 0 Å². The summed E-state index contributed by atoms with van der Waals surface area (Å²) in [5.41, 5.74) is 27.0. The minimum Gasteiger partial charge on any atom is -0.480 e. The van der Waals surface area contributed by atoms with Gasteiger partial charge in [-0.1, -0.05) is 13.8 Å². The summed E-state index contributed by atoms with van der Waals surface area (Å²) >= 11 is 0. The van der Waals surface area contributed by atoms with Crippen LogP contribution in [0.3, 0.4) is 0 Å². The first-order valence-corrected chi connectivity index (χ1v) is 11.9. The van der Waals surface area contributed by atoms with Crippen LogP contribution in [0.2, 0.25) is 0 Å². The van der Waals surface area contributed by atoms with Gasteiger partial charge in [-0.3, -0.25) is 24.4 Å². The fraction of sp³-hybridized carbons (Fsp3) is 0.714. The van der Waals surface area contributed by atoms with Crippen LogP contribution in [0, 0.1) is 5.92 Å². The van der Waals surface area contributed by atoms with Gasteiger partial charge in [0.1, 0.15) is 18.1 Å². The number of carbonyl (C=O) groups is 4. The number of nitrogens with one attached hydrogen (secondary N) is 3. The first-order chi connectivity index (χ1) is 17.3. The molecule has 0 saturated heterocycles. The monoisotopic (exact) mass is 530 g/mol. The van der Waals surface area contributed by atoms with Gasteiger partial charge in [0.25, 0.3) is 0 Å². The molecule has 37 heavy (non-hydrogen) atoms. The van der Waals surface area contributed by atoms with Crippen LogP contribution >= 0.6 is 0 Å². The number of aliphatic hydroxyl groups excluding tert-OH is 1. The second-order valence-corrected chi connectivity index (χ2v) is 8.84. The molecule has 0 aliphatic rings. The highest BCUT2D eigenvalue weighted by molar-refractivity contribution is 5.94. The van der Waals surface area contributed by atoms with Crippen LogP contribution in [0.1, 0.15) is 46.0 Å². The van der Waals surface area contributed by atoms with E-state index in [0.717, 1.165) is 0 Å². The molecule has 0 aromatic carbocycles. The molecular formula is C21H42N10O6. The van der Waals surface area contributed by atoms with Gasteiger partial charge < -0.3 is 54.8 Å². The fourth-order valence-electron chi connectivity index (χ4n) is 3.13. The number of aliphatic carboxylic acids is 1. The summed E-state index contributed by atoms with van der Waals surface area (Å²) in [5, 5.41) is 26.2. The number of carboxylic acids is 1. The number of aliphatic hydroxyl groups is 1. The van der Waals surface area contributed by atoms with Crippen LogP contribution in [0.5, 0.6) is 0 Å². The Morgan fingerprint density at radius 3 is 1.68 bits per heavy atom. The van der Waals surface area contributed by atoms with Crippen molar-refractivity contribution in [1.29, 1.82) is 0 Å². The topological polar surface area (TPSA) is 300 Å². The third kappa shape index (κ3) is 15.1. The van der Waals surface area contributed by atoms with E-state index in [2.05, 4.69) is 25.9 Å². The molecule has 4 atom stereocenters. The van der Waals surface area contributed by atoms with E-state index in [4.69, 9.17) is 28.7 Å². The van der Waals surface area contributed by atoms with E-state index in [0.29, 0.717) is 12.8 Å². The lowest BCUT2D eigenvalue weighted by Crippen LogP contribution is -2.58. The first-order valence-electron chi connectivity index (χ1n) is 11.9. The van der Waals surface area contributed by atoms with E-state index in [1.54, 1.807) is 13.8 Å². The molecule has 0 aromatic heterocycles. The Kier molecular flexibility index (Phi) is 16.0. The van der Waals surface area contributed by atoms with Gasteiger partial charge in [-0.05, 0) is 38.0 Å². The van der Waals surface area contributed by atoms with E-state index in [1.807, 2.05) is 0 Å². The number of rotatable bonds is 18. The van der Waals surface area contributed by atoms with Gasteiger partial charge in [-0.2, -0.15) is 0 Å². The minimum absolute atomic E-state index is 0.0305.